The number of nitrogens with zero attached hydrogens (tertiary/aromatic N) is 3. The molecule has 0 saturated carbocycles. The minimum absolute atomic E-state index is 0.507. The zero-order valence-corrected chi connectivity index (χ0v) is 10.1. The fraction of sp³-hybridized carbons (Fsp3) is 0.250. The van der Waals surface area contributed by atoms with Crippen molar-refractivity contribution < 1.29 is 0 Å². The molecule has 92 valence electrons. The second kappa shape index (κ2) is 5.68. The summed E-state index contributed by atoms with van der Waals surface area (Å²) in [6, 6.07) is 5.72. The van der Waals surface area contributed by atoms with Gasteiger partial charge in [-0.2, -0.15) is 5.26 Å². The van der Waals surface area contributed by atoms with Crippen molar-refractivity contribution in [2.75, 3.05) is 17.2 Å². The summed E-state index contributed by atoms with van der Waals surface area (Å²) in [6.45, 7) is 2.56. The summed E-state index contributed by atoms with van der Waals surface area (Å²) in [4.78, 5) is 11.5. The molecule has 0 bridgehead atoms. The summed E-state index contributed by atoms with van der Waals surface area (Å²) in [6.07, 6.45) is 4.63. The molecule has 2 rings (SSSR count). The summed E-state index contributed by atoms with van der Waals surface area (Å²) in [5, 5.41) is 14.3. The Kier molecular flexibility index (Phi) is 3.76. The number of hydrogen-bond acceptors (Lipinski definition) is 5. The first-order valence-electron chi connectivity index (χ1n) is 5.65. The third-order valence-electron chi connectivity index (χ3n) is 2.38. The summed E-state index contributed by atoms with van der Waals surface area (Å²) < 4.78 is 0. The molecular formula is C12H14N6. The van der Waals surface area contributed by atoms with Crippen LogP contribution in [0, 0.1) is 18.4 Å². The largest absolute Gasteiger partial charge is 0.370 e. The van der Waals surface area contributed by atoms with E-state index in [1.165, 1.54) is 5.69 Å². The number of hydrogen-bond donors (Lipinski definition) is 3. The van der Waals surface area contributed by atoms with Gasteiger partial charge in [0.05, 0.1) is 0 Å². The Morgan fingerprint density at radius 3 is 2.94 bits per heavy atom. The average molecular weight is 242 g/mol. The van der Waals surface area contributed by atoms with Gasteiger partial charge in [-0.05, 0) is 19.1 Å². The number of H-pyrrole nitrogens is 1. The van der Waals surface area contributed by atoms with E-state index in [0.29, 0.717) is 17.5 Å². The van der Waals surface area contributed by atoms with Crippen LogP contribution < -0.4 is 10.6 Å². The van der Waals surface area contributed by atoms with Gasteiger partial charge < -0.3 is 10.3 Å². The van der Waals surface area contributed by atoms with Gasteiger partial charge in [0.1, 0.15) is 17.5 Å². The molecule has 3 N–H and O–H groups in total. The highest BCUT2D eigenvalue weighted by atomic mass is 15.1. The van der Waals surface area contributed by atoms with E-state index >= 15 is 0 Å². The highest BCUT2D eigenvalue weighted by Gasteiger charge is 2.01. The third kappa shape index (κ3) is 3.22. The molecule has 0 radical (unpaired) electrons. The second-order valence-electron chi connectivity index (χ2n) is 3.79. The van der Waals surface area contributed by atoms with Crippen molar-refractivity contribution in [2.24, 2.45) is 0 Å². The number of nitrogens with one attached hydrogen (secondary N) is 3. The molecule has 0 amide bonds. The Hall–Kier alpha value is -2.55. The van der Waals surface area contributed by atoms with Crippen molar-refractivity contribution in [2.45, 2.75) is 13.3 Å². The number of aromatic amines is 1. The molecule has 0 saturated heterocycles. The molecular weight excluding hydrogens is 228 g/mol. The molecule has 0 spiro atoms. The van der Waals surface area contributed by atoms with Crippen molar-refractivity contribution in [3.8, 4) is 6.19 Å². The molecule has 0 unspecified atom stereocenters. The molecule has 0 aliphatic carbocycles. The highest BCUT2D eigenvalue weighted by molar-refractivity contribution is 5.49. The zero-order chi connectivity index (χ0) is 12.8. The van der Waals surface area contributed by atoms with E-state index in [1.807, 2.05) is 24.5 Å². The molecule has 6 heteroatoms. The van der Waals surface area contributed by atoms with Gasteiger partial charge in [-0.1, -0.05) is 0 Å². The third-order valence-corrected chi connectivity index (χ3v) is 2.38. The van der Waals surface area contributed by atoms with E-state index in [1.54, 1.807) is 13.0 Å². The predicted molar refractivity (Wildman–Crippen MR) is 69.0 cm³/mol. The Bertz CT molecular complexity index is 540. The standard InChI is InChI=1S/C12H14N6/c1-9-17-11(7-12(18-9)16-8-13)15-6-4-10-3-2-5-14-10/h2-3,5,7,14H,4,6H2,1H3,(H2,15,16,17,18). The van der Waals surface area contributed by atoms with Crippen LogP contribution in [0.5, 0.6) is 0 Å². The number of anilines is 2. The van der Waals surface area contributed by atoms with Gasteiger partial charge in [-0.15, -0.1) is 0 Å². The van der Waals surface area contributed by atoms with Gasteiger partial charge in [0, 0.05) is 30.9 Å². The van der Waals surface area contributed by atoms with Gasteiger partial charge in [-0.25, -0.2) is 9.97 Å². The average Bonchev–Trinajstić information content (AvgIpc) is 2.82. The number of nitriles is 1. The first kappa shape index (κ1) is 11.9. The fourth-order valence-corrected chi connectivity index (χ4v) is 1.63. The predicted octanol–water partition coefficient (Wildman–Crippen LogP) is 1.66. The normalized spacial score (nSPS) is 9.78. The van der Waals surface area contributed by atoms with E-state index in [9.17, 15) is 0 Å². The Morgan fingerprint density at radius 2 is 2.22 bits per heavy atom. The first-order valence-corrected chi connectivity index (χ1v) is 5.65. The van der Waals surface area contributed by atoms with E-state index < -0.39 is 0 Å². The summed E-state index contributed by atoms with van der Waals surface area (Å²) in [5.41, 5.74) is 1.17. The van der Waals surface area contributed by atoms with Crippen LogP contribution in [0.2, 0.25) is 0 Å². The lowest BCUT2D eigenvalue weighted by molar-refractivity contribution is 0.956. The lowest BCUT2D eigenvalue weighted by atomic mass is 10.3. The molecule has 0 atom stereocenters. The molecule has 0 aliphatic rings. The monoisotopic (exact) mass is 242 g/mol. The van der Waals surface area contributed by atoms with Crippen LogP contribution in [0.3, 0.4) is 0 Å². The SMILES string of the molecule is Cc1nc(NC#N)cc(NCCc2ccc[nH]2)n1. The van der Waals surface area contributed by atoms with Gasteiger partial charge in [-0.3, -0.25) is 5.32 Å². The molecule has 18 heavy (non-hydrogen) atoms. The molecule has 0 aliphatic heterocycles. The minimum atomic E-state index is 0.507. The molecule has 2 aromatic rings. The van der Waals surface area contributed by atoms with Crippen molar-refractivity contribution in [3.05, 3.63) is 35.9 Å². The van der Waals surface area contributed by atoms with Gasteiger partial charge >= 0.3 is 0 Å². The molecule has 0 aromatic carbocycles. The summed E-state index contributed by atoms with van der Waals surface area (Å²) in [5.74, 6) is 1.84. The fourth-order valence-electron chi connectivity index (χ4n) is 1.63. The van der Waals surface area contributed by atoms with Gasteiger partial charge in [0.15, 0.2) is 6.19 Å². The van der Waals surface area contributed by atoms with E-state index in [-0.39, 0.29) is 0 Å². The van der Waals surface area contributed by atoms with Gasteiger partial charge in [0.25, 0.3) is 0 Å². The topological polar surface area (TPSA) is 89.4 Å². The Labute approximate surface area is 105 Å². The van der Waals surface area contributed by atoms with Crippen molar-refractivity contribution >= 4 is 11.6 Å². The Morgan fingerprint density at radius 1 is 1.39 bits per heavy atom. The number of aromatic nitrogens is 3. The van der Waals surface area contributed by atoms with E-state index in [2.05, 4.69) is 25.6 Å². The number of aryl methyl sites for hydroxylation is 1. The van der Waals surface area contributed by atoms with Crippen molar-refractivity contribution in [1.29, 1.82) is 5.26 Å². The maximum Gasteiger partial charge on any atom is 0.182 e. The minimum Gasteiger partial charge on any atom is -0.370 e. The smallest absolute Gasteiger partial charge is 0.182 e. The van der Waals surface area contributed by atoms with Gasteiger partial charge in [0.2, 0.25) is 0 Å². The van der Waals surface area contributed by atoms with Crippen LogP contribution in [0.25, 0.3) is 0 Å². The molecule has 2 heterocycles. The second-order valence-corrected chi connectivity index (χ2v) is 3.79. The van der Waals surface area contributed by atoms with Crippen LogP contribution in [0.1, 0.15) is 11.5 Å². The first-order chi connectivity index (χ1) is 8.78. The Balaban J connectivity index is 1.94. The quantitative estimate of drug-likeness (QED) is 0.548. The van der Waals surface area contributed by atoms with Crippen LogP contribution in [-0.4, -0.2) is 21.5 Å². The van der Waals surface area contributed by atoms with Crippen molar-refractivity contribution in [1.82, 2.24) is 15.0 Å². The van der Waals surface area contributed by atoms with E-state index in [0.717, 1.165) is 13.0 Å². The van der Waals surface area contributed by atoms with Crippen LogP contribution in [0.15, 0.2) is 24.4 Å². The van der Waals surface area contributed by atoms with E-state index in [4.69, 9.17) is 5.26 Å². The zero-order valence-electron chi connectivity index (χ0n) is 10.1. The summed E-state index contributed by atoms with van der Waals surface area (Å²) in [7, 11) is 0. The van der Waals surface area contributed by atoms with Crippen molar-refractivity contribution in [3.63, 3.8) is 0 Å². The molecule has 0 fully saturated rings. The lowest BCUT2D eigenvalue weighted by Crippen LogP contribution is -2.08. The maximum absolute atomic E-state index is 8.56. The van der Waals surface area contributed by atoms with Crippen LogP contribution in [-0.2, 0) is 6.42 Å². The molecule has 6 nitrogen and oxygen atoms in total. The molecule has 2 aromatic heterocycles. The van der Waals surface area contributed by atoms with Crippen LogP contribution in [0.4, 0.5) is 11.6 Å². The lowest BCUT2D eigenvalue weighted by Gasteiger charge is -2.07. The summed E-state index contributed by atoms with van der Waals surface area (Å²) >= 11 is 0. The number of rotatable bonds is 5. The highest BCUT2D eigenvalue weighted by Crippen LogP contribution is 2.10. The van der Waals surface area contributed by atoms with Crippen LogP contribution >= 0.6 is 0 Å². The maximum atomic E-state index is 8.56.